The molecular formula is C16H23NO3. The molecular weight excluding hydrogens is 254 g/mol. The van der Waals surface area contributed by atoms with Gasteiger partial charge in [-0.1, -0.05) is 12.8 Å². The van der Waals surface area contributed by atoms with Crippen molar-refractivity contribution < 1.29 is 14.3 Å². The number of carbonyl (C=O) groups excluding carboxylic acids is 1. The molecule has 1 aromatic rings. The lowest BCUT2D eigenvalue weighted by molar-refractivity contribution is -0.136. The van der Waals surface area contributed by atoms with Gasteiger partial charge in [0.15, 0.2) is 0 Å². The minimum Gasteiger partial charge on any atom is -0.467 e. The predicted octanol–water partition coefficient (Wildman–Crippen LogP) is 2.88. The summed E-state index contributed by atoms with van der Waals surface area (Å²) in [6.07, 6.45) is 8.07. The van der Waals surface area contributed by atoms with Gasteiger partial charge in [0, 0.05) is 24.9 Å². The molecule has 2 atom stereocenters. The Morgan fingerprint density at radius 1 is 1.35 bits per heavy atom. The molecule has 3 rings (SSSR count). The third kappa shape index (κ3) is 2.75. The summed E-state index contributed by atoms with van der Waals surface area (Å²) in [5.41, 5.74) is 0. The number of hydrogen-bond donors (Lipinski definition) is 1. The Balaban J connectivity index is 1.61. The van der Waals surface area contributed by atoms with Crippen LogP contribution in [0.1, 0.15) is 56.8 Å². The average molecular weight is 277 g/mol. The van der Waals surface area contributed by atoms with Gasteiger partial charge in [0.05, 0.1) is 6.26 Å². The molecule has 2 aliphatic rings. The van der Waals surface area contributed by atoms with E-state index >= 15 is 0 Å². The first-order chi connectivity index (χ1) is 9.75. The van der Waals surface area contributed by atoms with Gasteiger partial charge >= 0.3 is 0 Å². The number of nitrogens with zero attached hydrogens (tertiary/aromatic N) is 1. The first-order valence-electron chi connectivity index (χ1n) is 7.77. The van der Waals surface area contributed by atoms with E-state index in [-0.39, 0.29) is 12.0 Å². The molecule has 0 spiro atoms. The first-order valence-corrected chi connectivity index (χ1v) is 7.77. The van der Waals surface area contributed by atoms with Crippen molar-refractivity contribution in [3.8, 4) is 0 Å². The van der Waals surface area contributed by atoms with E-state index in [0.29, 0.717) is 18.1 Å². The Bertz CT molecular complexity index is 437. The van der Waals surface area contributed by atoms with Gasteiger partial charge in [0.25, 0.3) is 0 Å². The van der Waals surface area contributed by atoms with Crippen LogP contribution < -0.4 is 0 Å². The topological polar surface area (TPSA) is 53.7 Å². The summed E-state index contributed by atoms with van der Waals surface area (Å²) < 4.78 is 5.25. The van der Waals surface area contributed by atoms with Crippen molar-refractivity contribution in [2.75, 3.05) is 6.54 Å². The molecule has 4 heteroatoms. The second-order valence-corrected chi connectivity index (χ2v) is 6.08. The summed E-state index contributed by atoms with van der Waals surface area (Å²) >= 11 is 0. The van der Waals surface area contributed by atoms with E-state index < -0.39 is 6.10 Å². The lowest BCUT2D eigenvalue weighted by atomic mass is 10.0. The molecule has 4 nitrogen and oxygen atoms in total. The highest BCUT2D eigenvalue weighted by molar-refractivity contribution is 5.79. The molecule has 1 aromatic heterocycles. The van der Waals surface area contributed by atoms with Crippen LogP contribution in [0.15, 0.2) is 22.8 Å². The monoisotopic (exact) mass is 277 g/mol. The van der Waals surface area contributed by atoms with Crippen LogP contribution in [-0.2, 0) is 4.79 Å². The zero-order chi connectivity index (χ0) is 13.9. The first kappa shape index (κ1) is 13.7. The van der Waals surface area contributed by atoms with Crippen molar-refractivity contribution in [3.63, 3.8) is 0 Å². The molecule has 1 saturated heterocycles. The van der Waals surface area contributed by atoms with Gasteiger partial charge in [-0.2, -0.15) is 0 Å². The maximum atomic E-state index is 12.5. The van der Waals surface area contributed by atoms with Gasteiger partial charge in [-0.05, 0) is 37.8 Å². The second kappa shape index (κ2) is 6.00. The lowest BCUT2D eigenvalue weighted by Gasteiger charge is -2.28. The number of likely N-dealkylation sites (tertiary alicyclic amines) is 1. The van der Waals surface area contributed by atoms with Crippen molar-refractivity contribution >= 4 is 5.91 Å². The molecule has 1 saturated carbocycles. The fraction of sp³-hybridized carbons (Fsp3) is 0.688. The smallest absolute Gasteiger partial charge is 0.225 e. The molecule has 1 N–H and O–H groups in total. The molecule has 2 heterocycles. The minimum atomic E-state index is -0.605. The third-order valence-corrected chi connectivity index (χ3v) is 4.73. The maximum Gasteiger partial charge on any atom is 0.225 e. The van der Waals surface area contributed by atoms with Crippen molar-refractivity contribution in [1.82, 2.24) is 4.90 Å². The highest BCUT2D eigenvalue weighted by atomic mass is 16.4. The van der Waals surface area contributed by atoms with E-state index in [1.54, 1.807) is 18.4 Å². The number of hydrogen-bond acceptors (Lipinski definition) is 3. The normalized spacial score (nSPS) is 25.2. The number of carbonyl (C=O) groups is 1. The van der Waals surface area contributed by atoms with E-state index in [1.165, 1.54) is 12.8 Å². The minimum absolute atomic E-state index is 0.170. The van der Waals surface area contributed by atoms with Crippen molar-refractivity contribution in [2.24, 2.45) is 5.92 Å². The molecule has 0 aromatic carbocycles. The van der Waals surface area contributed by atoms with Gasteiger partial charge in [0.2, 0.25) is 5.91 Å². The van der Waals surface area contributed by atoms with Crippen LogP contribution in [0, 0.1) is 5.92 Å². The van der Waals surface area contributed by atoms with Gasteiger partial charge in [0.1, 0.15) is 11.9 Å². The molecule has 1 amide bonds. The van der Waals surface area contributed by atoms with Crippen LogP contribution in [0.3, 0.4) is 0 Å². The molecule has 1 aliphatic heterocycles. The number of aliphatic hydroxyl groups is 1. The molecule has 1 aliphatic carbocycles. The molecule has 2 fully saturated rings. The maximum absolute atomic E-state index is 12.5. The molecule has 0 radical (unpaired) electrons. The van der Waals surface area contributed by atoms with Crippen LogP contribution in [-0.4, -0.2) is 28.5 Å². The Morgan fingerprint density at radius 3 is 2.85 bits per heavy atom. The number of furan rings is 1. The number of rotatable bonds is 4. The number of amides is 1. The molecule has 110 valence electrons. The number of aliphatic hydroxyl groups excluding tert-OH is 1. The summed E-state index contributed by atoms with van der Waals surface area (Å²) in [6, 6.07) is 3.75. The van der Waals surface area contributed by atoms with E-state index in [9.17, 15) is 9.90 Å². The van der Waals surface area contributed by atoms with Gasteiger partial charge in [-0.25, -0.2) is 0 Å². The zero-order valence-electron chi connectivity index (χ0n) is 11.8. The van der Waals surface area contributed by atoms with Gasteiger partial charge in [-0.15, -0.1) is 0 Å². The summed E-state index contributed by atoms with van der Waals surface area (Å²) in [4.78, 5) is 14.6. The summed E-state index contributed by atoms with van der Waals surface area (Å²) in [5.74, 6) is 1.15. The van der Waals surface area contributed by atoms with Crippen LogP contribution in [0.2, 0.25) is 0 Å². The Kier molecular flexibility index (Phi) is 4.10. The van der Waals surface area contributed by atoms with Crippen LogP contribution in [0.5, 0.6) is 0 Å². The van der Waals surface area contributed by atoms with Crippen molar-refractivity contribution in [2.45, 2.75) is 57.1 Å². The average Bonchev–Trinajstić information content (AvgIpc) is 3.20. The fourth-order valence-electron chi connectivity index (χ4n) is 3.63. The lowest BCUT2D eigenvalue weighted by Crippen LogP contribution is -2.39. The van der Waals surface area contributed by atoms with Gasteiger partial charge in [-0.3, -0.25) is 4.79 Å². The van der Waals surface area contributed by atoms with E-state index in [0.717, 1.165) is 32.2 Å². The van der Waals surface area contributed by atoms with Crippen molar-refractivity contribution in [1.29, 1.82) is 0 Å². The summed E-state index contributed by atoms with van der Waals surface area (Å²) in [6.45, 7) is 0.852. The van der Waals surface area contributed by atoms with Gasteiger partial charge < -0.3 is 14.4 Å². The zero-order valence-corrected chi connectivity index (χ0v) is 11.8. The fourth-order valence-corrected chi connectivity index (χ4v) is 3.63. The Morgan fingerprint density at radius 2 is 2.15 bits per heavy atom. The Labute approximate surface area is 119 Å². The largest absolute Gasteiger partial charge is 0.467 e. The molecule has 20 heavy (non-hydrogen) atoms. The predicted molar refractivity (Wildman–Crippen MR) is 75.0 cm³/mol. The van der Waals surface area contributed by atoms with Crippen LogP contribution in [0.4, 0.5) is 0 Å². The van der Waals surface area contributed by atoms with Crippen LogP contribution >= 0.6 is 0 Å². The van der Waals surface area contributed by atoms with Crippen LogP contribution in [0.25, 0.3) is 0 Å². The SMILES string of the molecule is O=C(C1CCCC1)N1CCCC1CC(O)c1ccco1. The third-order valence-electron chi connectivity index (χ3n) is 4.73. The highest BCUT2D eigenvalue weighted by Gasteiger charge is 2.35. The standard InChI is InChI=1S/C16H23NO3/c18-14(15-8-4-10-20-15)11-13-7-3-9-17(13)16(19)12-5-1-2-6-12/h4,8,10,12-14,18H,1-3,5-7,9,11H2. The quantitative estimate of drug-likeness (QED) is 0.920. The summed E-state index contributed by atoms with van der Waals surface area (Å²) in [7, 11) is 0. The summed E-state index contributed by atoms with van der Waals surface area (Å²) in [5, 5.41) is 10.2. The van der Waals surface area contributed by atoms with E-state index in [2.05, 4.69) is 0 Å². The molecule has 0 bridgehead atoms. The van der Waals surface area contributed by atoms with E-state index in [1.807, 2.05) is 4.90 Å². The Hall–Kier alpha value is -1.29. The highest BCUT2D eigenvalue weighted by Crippen LogP contribution is 2.32. The second-order valence-electron chi connectivity index (χ2n) is 6.08. The molecule has 2 unspecified atom stereocenters. The van der Waals surface area contributed by atoms with E-state index in [4.69, 9.17) is 4.42 Å². The van der Waals surface area contributed by atoms with Crippen molar-refractivity contribution in [3.05, 3.63) is 24.2 Å².